The van der Waals surface area contributed by atoms with Crippen LogP contribution in [0.4, 0.5) is 0 Å². The van der Waals surface area contributed by atoms with Gasteiger partial charge < -0.3 is 9.52 Å². The normalized spacial score (nSPS) is 11.6. The van der Waals surface area contributed by atoms with Gasteiger partial charge in [-0.3, -0.25) is 0 Å². The number of sulfonamides is 1. The van der Waals surface area contributed by atoms with E-state index in [0.29, 0.717) is 5.76 Å². The number of nitrogens with one attached hydrogen (secondary N) is 1. The minimum Gasteiger partial charge on any atom is -0.478 e. The molecule has 0 atom stereocenters. The first-order chi connectivity index (χ1) is 8.88. The summed E-state index contributed by atoms with van der Waals surface area (Å²) in [5, 5.41) is 10.0. The standard InChI is InChI=1S/C10H10N2O5S2/c1-6-3-11-8(17-6)4-12-19(15,16)9-2-7(5-18-9)10(13)14/h2-3,5,12H,4H2,1H3,(H,13,14). The summed E-state index contributed by atoms with van der Waals surface area (Å²) in [6, 6.07) is 1.11. The maximum absolute atomic E-state index is 11.9. The maximum atomic E-state index is 11.9. The van der Waals surface area contributed by atoms with Gasteiger partial charge in [0.25, 0.3) is 10.0 Å². The van der Waals surface area contributed by atoms with Crippen molar-refractivity contribution in [3.63, 3.8) is 0 Å². The van der Waals surface area contributed by atoms with Crippen molar-refractivity contribution in [3.05, 3.63) is 34.9 Å². The number of aromatic nitrogens is 1. The summed E-state index contributed by atoms with van der Waals surface area (Å²) in [7, 11) is -3.76. The Bertz CT molecular complexity index is 701. The number of hydrogen-bond donors (Lipinski definition) is 2. The van der Waals surface area contributed by atoms with Gasteiger partial charge >= 0.3 is 5.97 Å². The molecule has 0 saturated carbocycles. The summed E-state index contributed by atoms with van der Waals surface area (Å²) < 4.78 is 31.1. The van der Waals surface area contributed by atoms with E-state index < -0.39 is 16.0 Å². The van der Waals surface area contributed by atoms with Crippen molar-refractivity contribution in [2.24, 2.45) is 0 Å². The Morgan fingerprint density at radius 2 is 2.32 bits per heavy atom. The second-order valence-corrected chi connectivity index (χ2v) is 6.55. The third-order valence-electron chi connectivity index (χ3n) is 2.17. The topological polar surface area (TPSA) is 110 Å². The van der Waals surface area contributed by atoms with E-state index in [1.54, 1.807) is 6.92 Å². The van der Waals surface area contributed by atoms with Crippen molar-refractivity contribution >= 4 is 27.3 Å². The molecule has 0 amide bonds. The van der Waals surface area contributed by atoms with E-state index in [0.717, 1.165) is 17.4 Å². The van der Waals surface area contributed by atoms with Gasteiger partial charge in [0.05, 0.1) is 18.3 Å². The zero-order chi connectivity index (χ0) is 14.0. The van der Waals surface area contributed by atoms with Crippen LogP contribution in [-0.4, -0.2) is 24.5 Å². The third kappa shape index (κ3) is 3.19. The highest BCUT2D eigenvalue weighted by molar-refractivity contribution is 7.91. The second-order valence-electron chi connectivity index (χ2n) is 3.65. The predicted molar refractivity (Wildman–Crippen MR) is 66.5 cm³/mol. The molecule has 7 nitrogen and oxygen atoms in total. The van der Waals surface area contributed by atoms with Crippen molar-refractivity contribution in [3.8, 4) is 0 Å². The quantitative estimate of drug-likeness (QED) is 0.859. The smallest absolute Gasteiger partial charge is 0.336 e. The van der Waals surface area contributed by atoms with E-state index in [1.807, 2.05) is 0 Å². The number of rotatable bonds is 5. The highest BCUT2D eigenvalue weighted by Gasteiger charge is 2.19. The van der Waals surface area contributed by atoms with Gasteiger partial charge in [0.2, 0.25) is 5.89 Å². The lowest BCUT2D eigenvalue weighted by Gasteiger charge is -2.01. The summed E-state index contributed by atoms with van der Waals surface area (Å²) in [6.45, 7) is 1.61. The molecule has 0 aromatic carbocycles. The van der Waals surface area contributed by atoms with Crippen molar-refractivity contribution < 1.29 is 22.7 Å². The molecule has 102 valence electrons. The van der Waals surface area contributed by atoms with Crippen LogP contribution >= 0.6 is 11.3 Å². The molecular weight excluding hydrogens is 292 g/mol. The number of carbonyl (C=O) groups is 1. The van der Waals surface area contributed by atoms with Crippen LogP contribution in [0.2, 0.25) is 0 Å². The zero-order valence-corrected chi connectivity index (χ0v) is 11.4. The van der Waals surface area contributed by atoms with E-state index in [2.05, 4.69) is 9.71 Å². The number of aromatic carboxylic acids is 1. The number of carboxylic acids is 1. The molecule has 0 spiro atoms. The zero-order valence-electron chi connectivity index (χ0n) is 9.78. The third-order valence-corrected chi connectivity index (χ3v) is 5.01. The molecule has 0 saturated heterocycles. The molecule has 0 unspecified atom stereocenters. The summed E-state index contributed by atoms with van der Waals surface area (Å²) in [6.07, 6.45) is 1.48. The van der Waals surface area contributed by atoms with Gasteiger partial charge in [-0.1, -0.05) is 0 Å². The number of oxazole rings is 1. The van der Waals surface area contributed by atoms with Gasteiger partial charge in [-0.05, 0) is 13.0 Å². The van der Waals surface area contributed by atoms with Crippen molar-refractivity contribution in [1.82, 2.24) is 9.71 Å². The molecule has 2 rings (SSSR count). The Kier molecular flexibility index (Phi) is 3.69. The molecule has 0 bridgehead atoms. The van der Waals surface area contributed by atoms with Crippen LogP contribution in [0.15, 0.2) is 26.3 Å². The number of nitrogens with zero attached hydrogens (tertiary/aromatic N) is 1. The summed E-state index contributed by atoms with van der Waals surface area (Å²) in [4.78, 5) is 14.6. The van der Waals surface area contributed by atoms with Crippen LogP contribution < -0.4 is 4.72 Å². The van der Waals surface area contributed by atoms with E-state index in [1.165, 1.54) is 11.6 Å². The molecule has 9 heteroatoms. The highest BCUT2D eigenvalue weighted by Crippen LogP contribution is 2.20. The highest BCUT2D eigenvalue weighted by atomic mass is 32.2. The number of aryl methyl sites for hydroxylation is 1. The van der Waals surface area contributed by atoms with Gasteiger partial charge in [-0.2, -0.15) is 0 Å². The molecule has 2 aromatic heterocycles. The van der Waals surface area contributed by atoms with E-state index in [4.69, 9.17) is 9.52 Å². The summed E-state index contributed by atoms with van der Waals surface area (Å²) in [5.74, 6) is -0.337. The molecule has 2 aromatic rings. The molecule has 0 radical (unpaired) electrons. The Morgan fingerprint density at radius 3 is 2.84 bits per heavy atom. The maximum Gasteiger partial charge on any atom is 0.336 e. The van der Waals surface area contributed by atoms with Gasteiger partial charge in [0, 0.05) is 5.38 Å². The molecular formula is C10H10N2O5S2. The number of hydrogen-bond acceptors (Lipinski definition) is 6. The fourth-order valence-electron chi connectivity index (χ4n) is 1.28. The van der Waals surface area contributed by atoms with Crippen molar-refractivity contribution in [2.45, 2.75) is 17.7 Å². The van der Waals surface area contributed by atoms with Crippen LogP contribution in [-0.2, 0) is 16.6 Å². The Balaban J connectivity index is 2.11. The van der Waals surface area contributed by atoms with Gasteiger partial charge in [0.15, 0.2) is 0 Å². The summed E-state index contributed by atoms with van der Waals surface area (Å²) in [5.41, 5.74) is -0.0580. The number of thiophene rings is 1. The number of carboxylic acid groups (broad SMARTS) is 1. The molecule has 0 aliphatic rings. The summed E-state index contributed by atoms with van der Waals surface area (Å²) >= 11 is 0.843. The van der Waals surface area contributed by atoms with E-state index in [-0.39, 0.29) is 22.2 Å². The van der Waals surface area contributed by atoms with Gasteiger partial charge in [0.1, 0.15) is 9.97 Å². The Hall–Kier alpha value is -1.71. The average molecular weight is 302 g/mol. The predicted octanol–water partition coefficient (Wildman–Crippen LogP) is 1.22. The van der Waals surface area contributed by atoms with Crippen LogP contribution in [0.1, 0.15) is 22.0 Å². The SMILES string of the molecule is Cc1cnc(CNS(=O)(=O)c2cc(C(=O)O)cs2)o1. The Labute approximate surface area is 113 Å². The molecule has 2 heterocycles. The molecule has 0 aliphatic carbocycles. The molecule has 0 aliphatic heterocycles. The monoisotopic (exact) mass is 302 g/mol. The lowest BCUT2D eigenvalue weighted by atomic mass is 10.4. The van der Waals surface area contributed by atoms with Crippen molar-refractivity contribution in [2.75, 3.05) is 0 Å². The fourth-order valence-corrected chi connectivity index (χ4v) is 3.45. The van der Waals surface area contributed by atoms with Crippen LogP contribution in [0.25, 0.3) is 0 Å². The van der Waals surface area contributed by atoms with E-state index >= 15 is 0 Å². The minimum absolute atomic E-state index is 0.0580. The van der Waals surface area contributed by atoms with Crippen LogP contribution in [0.3, 0.4) is 0 Å². The Morgan fingerprint density at radius 1 is 1.58 bits per heavy atom. The van der Waals surface area contributed by atoms with E-state index in [9.17, 15) is 13.2 Å². The van der Waals surface area contributed by atoms with Gasteiger partial charge in [-0.15, -0.1) is 11.3 Å². The second kappa shape index (κ2) is 5.11. The van der Waals surface area contributed by atoms with Crippen LogP contribution in [0, 0.1) is 6.92 Å². The van der Waals surface area contributed by atoms with Crippen molar-refractivity contribution in [1.29, 1.82) is 0 Å². The average Bonchev–Trinajstić information content (AvgIpc) is 2.95. The van der Waals surface area contributed by atoms with Crippen LogP contribution in [0.5, 0.6) is 0 Å². The molecule has 19 heavy (non-hydrogen) atoms. The lowest BCUT2D eigenvalue weighted by molar-refractivity contribution is 0.0697. The largest absolute Gasteiger partial charge is 0.478 e. The molecule has 2 N–H and O–H groups in total. The first kappa shape index (κ1) is 13.7. The lowest BCUT2D eigenvalue weighted by Crippen LogP contribution is -2.22. The minimum atomic E-state index is -3.76. The first-order valence-corrected chi connectivity index (χ1v) is 7.47. The van der Waals surface area contributed by atoms with Gasteiger partial charge in [-0.25, -0.2) is 22.9 Å². The fraction of sp³-hybridized carbons (Fsp3) is 0.200. The first-order valence-electron chi connectivity index (χ1n) is 5.11. The molecule has 0 fully saturated rings.